The molecule has 1 atom stereocenters. The highest BCUT2D eigenvalue weighted by Gasteiger charge is 2.18. The first-order chi connectivity index (χ1) is 8.90. The number of hydrogen-bond acceptors (Lipinski definition) is 5. The molecule has 1 amide bonds. The molecule has 6 nitrogen and oxygen atoms in total. The molecule has 0 saturated heterocycles. The number of amides is 1. The zero-order chi connectivity index (χ0) is 14.4. The van der Waals surface area contributed by atoms with Crippen LogP contribution in [0.25, 0.3) is 0 Å². The Morgan fingerprint density at radius 1 is 1.42 bits per heavy atom. The van der Waals surface area contributed by atoms with Crippen molar-refractivity contribution in [2.45, 2.75) is 37.8 Å². The average Bonchev–Trinajstić information content (AvgIpc) is 2.34. The fourth-order valence-corrected chi connectivity index (χ4v) is 2.23. The van der Waals surface area contributed by atoms with Gasteiger partial charge in [-0.2, -0.15) is 0 Å². The van der Waals surface area contributed by atoms with E-state index in [4.69, 9.17) is 5.11 Å². The molecule has 0 aliphatic carbocycles. The molecule has 0 aliphatic rings. The van der Waals surface area contributed by atoms with E-state index in [9.17, 15) is 9.59 Å². The molecule has 104 valence electrons. The summed E-state index contributed by atoms with van der Waals surface area (Å²) in [4.78, 5) is 30.1. The Bertz CT molecular complexity index is 465. The molecule has 0 fully saturated rings. The maximum Gasteiger partial charge on any atom is 0.327 e. The summed E-state index contributed by atoms with van der Waals surface area (Å²) in [6, 6.07) is 0.919. The highest BCUT2D eigenvalue weighted by atomic mass is 32.2. The van der Waals surface area contributed by atoms with Crippen LogP contribution in [0.5, 0.6) is 0 Å². The summed E-state index contributed by atoms with van der Waals surface area (Å²) in [6.07, 6.45) is 1.46. The number of nitrogens with one attached hydrogen (secondary N) is 1. The van der Waals surface area contributed by atoms with E-state index >= 15 is 0 Å². The van der Waals surface area contributed by atoms with Crippen LogP contribution in [0.3, 0.4) is 0 Å². The average molecular weight is 283 g/mol. The highest BCUT2D eigenvalue weighted by molar-refractivity contribution is 7.99. The summed E-state index contributed by atoms with van der Waals surface area (Å²) < 4.78 is 0. The van der Waals surface area contributed by atoms with Crippen molar-refractivity contribution < 1.29 is 14.7 Å². The van der Waals surface area contributed by atoms with Crippen molar-refractivity contribution in [3.63, 3.8) is 0 Å². The number of hydrogen-bond donors (Lipinski definition) is 2. The van der Waals surface area contributed by atoms with Crippen molar-refractivity contribution in [1.82, 2.24) is 15.3 Å². The van der Waals surface area contributed by atoms with Gasteiger partial charge in [-0.1, -0.05) is 13.8 Å². The molecule has 1 heterocycles. The zero-order valence-electron chi connectivity index (χ0n) is 11.1. The van der Waals surface area contributed by atoms with E-state index in [1.165, 1.54) is 25.0 Å². The van der Waals surface area contributed by atoms with Crippen LogP contribution in [0.15, 0.2) is 17.4 Å². The molecule has 1 rings (SSSR count). The van der Waals surface area contributed by atoms with E-state index in [1.807, 2.05) is 19.9 Å². The van der Waals surface area contributed by atoms with Crippen molar-refractivity contribution in [3.8, 4) is 0 Å². The molecule has 0 aliphatic heterocycles. The number of thioether (sulfide) groups is 1. The molecule has 1 aromatic heterocycles. The summed E-state index contributed by atoms with van der Waals surface area (Å²) in [5.74, 6) is -0.906. The van der Waals surface area contributed by atoms with E-state index in [-0.39, 0.29) is 17.6 Å². The van der Waals surface area contributed by atoms with Gasteiger partial charge in [0.2, 0.25) is 5.91 Å². The molecule has 7 heteroatoms. The first-order valence-corrected chi connectivity index (χ1v) is 6.83. The van der Waals surface area contributed by atoms with Crippen LogP contribution >= 0.6 is 11.8 Å². The molecule has 0 aromatic carbocycles. The first kappa shape index (κ1) is 15.4. The van der Waals surface area contributed by atoms with Crippen molar-refractivity contribution in [3.05, 3.63) is 18.1 Å². The van der Waals surface area contributed by atoms with Crippen molar-refractivity contribution >= 4 is 23.6 Å². The Morgan fingerprint density at radius 3 is 2.63 bits per heavy atom. The second-order valence-electron chi connectivity index (χ2n) is 4.34. The Labute approximate surface area is 116 Å². The molecule has 0 spiro atoms. The summed E-state index contributed by atoms with van der Waals surface area (Å²) in [7, 11) is 0. The number of aromatic nitrogens is 2. The van der Waals surface area contributed by atoms with Crippen molar-refractivity contribution in [2.75, 3.05) is 5.75 Å². The third-order valence-electron chi connectivity index (χ3n) is 2.33. The maximum atomic E-state index is 11.0. The predicted octanol–water partition coefficient (Wildman–Crippen LogP) is 1.28. The number of carboxylic acids is 1. The minimum atomic E-state index is -1.05. The molecule has 0 unspecified atom stereocenters. The summed E-state index contributed by atoms with van der Waals surface area (Å²) in [5, 5.41) is 12.1. The largest absolute Gasteiger partial charge is 0.480 e. The Kier molecular flexibility index (Phi) is 5.75. The van der Waals surface area contributed by atoms with Crippen LogP contribution in [0.4, 0.5) is 0 Å². The van der Waals surface area contributed by atoms with Crippen molar-refractivity contribution in [2.24, 2.45) is 0 Å². The smallest absolute Gasteiger partial charge is 0.327 e. The Hall–Kier alpha value is -1.63. The minimum Gasteiger partial charge on any atom is -0.480 e. The molecule has 1 aromatic rings. The first-order valence-electron chi connectivity index (χ1n) is 5.84. The number of nitrogens with zero attached hydrogens (tertiary/aromatic N) is 2. The van der Waals surface area contributed by atoms with E-state index in [2.05, 4.69) is 15.3 Å². The fourth-order valence-electron chi connectivity index (χ4n) is 1.34. The SMILES string of the molecule is CC(=O)N[C@@H](CSc1cc(C(C)C)ncn1)C(=O)O. The Balaban J connectivity index is 2.66. The third kappa shape index (κ3) is 5.25. The molecule has 0 radical (unpaired) electrons. The van der Waals surface area contributed by atoms with E-state index in [0.717, 1.165) is 5.69 Å². The normalized spacial score (nSPS) is 12.2. The lowest BCUT2D eigenvalue weighted by Gasteiger charge is -2.12. The standard InChI is InChI=1S/C12H17N3O3S/c1-7(2)9-4-11(14-6-13-9)19-5-10(12(17)18)15-8(3)16/h4,6-7,10H,5H2,1-3H3,(H,15,16)(H,17,18)/t10-/m0/s1. The molecular weight excluding hydrogens is 266 g/mol. The number of rotatable bonds is 6. The lowest BCUT2D eigenvalue weighted by atomic mass is 10.1. The maximum absolute atomic E-state index is 11.0. The molecular formula is C12H17N3O3S. The van der Waals surface area contributed by atoms with E-state index in [0.29, 0.717) is 5.03 Å². The Morgan fingerprint density at radius 2 is 2.11 bits per heavy atom. The van der Waals surface area contributed by atoms with Gasteiger partial charge in [0.05, 0.1) is 5.03 Å². The lowest BCUT2D eigenvalue weighted by Crippen LogP contribution is -2.41. The predicted molar refractivity (Wildman–Crippen MR) is 72.1 cm³/mol. The van der Waals surface area contributed by atoms with Gasteiger partial charge in [0.15, 0.2) is 0 Å². The van der Waals surface area contributed by atoms with Gasteiger partial charge in [0.1, 0.15) is 12.4 Å². The van der Waals surface area contributed by atoms with Crippen LogP contribution in [-0.2, 0) is 9.59 Å². The summed E-state index contributed by atoms with van der Waals surface area (Å²) in [5.41, 5.74) is 0.906. The van der Waals surface area contributed by atoms with E-state index in [1.54, 1.807) is 0 Å². The van der Waals surface area contributed by atoms with Crippen LogP contribution in [0.1, 0.15) is 32.4 Å². The monoisotopic (exact) mass is 283 g/mol. The molecule has 2 N–H and O–H groups in total. The second kappa shape index (κ2) is 7.08. The number of carbonyl (C=O) groups is 2. The van der Waals surface area contributed by atoms with Crippen LogP contribution < -0.4 is 5.32 Å². The van der Waals surface area contributed by atoms with Gasteiger partial charge in [0.25, 0.3) is 0 Å². The van der Waals surface area contributed by atoms with Gasteiger partial charge < -0.3 is 10.4 Å². The molecule has 0 bridgehead atoms. The third-order valence-corrected chi connectivity index (χ3v) is 3.35. The molecule has 19 heavy (non-hydrogen) atoms. The zero-order valence-corrected chi connectivity index (χ0v) is 11.9. The number of carbonyl (C=O) groups excluding carboxylic acids is 1. The van der Waals surface area contributed by atoms with Crippen LogP contribution in [0.2, 0.25) is 0 Å². The topological polar surface area (TPSA) is 92.2 Å². The van der Waals surface area contributed by atoms with E-state index < -0.39 is 12.0 Å². The van der Waals surface area contributed by atoms with Gasteiger partial charge in [0, 0.05) is 18.4 Å². The number of carboxylic acid groups (broad SMARTS) is 1. The summed E-state index contributed by atoms with van der Waals surface area (Å²) >= 11 is 1.28. The van der Waals surface area contributed by atoms with Crippen molar-refractivity contribution in [1.29, 1.82) is 0 Å². The molecule has 0 saturated carbocycles. The second-order valence-corrected chi connectivity index (χ2v) is 5.38. The fraction of sp³-hybridized carbons (Fsp3) is 0.500. The quantitative estimate of drug-likeness (QED) is 0.603. The highest BCUT2D eigenvalue weighted by Crippen LogP contribution is 2.19. The van der Waals surface area contributed by atoms with Gasteiger partial charge in [-0.25, -0.2) is 14.8 Å². The van der Waals surface area contributed by atoms with Gasteiger partial charge in [-0.15, -0.1) is 11.8 Å². The minimum absolute atomic E-state index is 0.226. The van der Waals surface area contributed by atoms with Crippen LogP contribution in [-0.4, -0.2) is 38.7 Å². The van der Waals surface area contributed by atoms with Gasteiger partial charge >= 0.3 is 5.97 Å². The van der Waals surface area contributed by atoms with Gasteiger partial charge in [-0.3, -0.25) is 4.79 Å². The van der Waals surface area contributed by atoms with Crippen LogP contribution in [0, 0.1) is 0 Å². The number of aliphatic carboxylic acids is 1. The lowest BCUT2D eigenvalue weighted by molar-refractivity contribution is -0.140. The summed E-state index contributed by atoms with van der Waals surface area (Å²) in [6.45, 7) is 5.34. The van der Waals surface area contributed by atoms with Gasteiger partial charge in [-0.05, 0) is 12.0 Å².